The van der Waals surface area contributed by atoms with E-state index >= 15 is 0 Å². The van der Waals surface area contributed by atoms with Gasteiger partial charge in [-0.15, -0.1) is 0 Å². The Balaban J connectivity index is 4.20. The number of rotatable bonds is 11. The Labute approximate surface area is 124 Å². The van der Waals surface area contributed by atoms with Gasteiger partial charge in [-0.3, -0.25) is 9.79 Å². The van der Waals surface area contributed by atoms with Crippen LogP contribution >= 0.6 is 0 Å². The molecule has 0 aromatic rings. The highest BCUT2D eigenvalue weighted by atomic mass is 16.4. The Hall–Kier alpha value is -1.87. The van der Waals surface area contributed by atoms with Crippen molar-refractivity contribution in [3.8, 4) is 0 Å². The molecule has 0 heterocycles. The van der Waals surface area contributed by atoms with E-state index in [9.17, 15) is 9.59 Å². The monoisotopic (exact) mass is 302 g/mol. The predicted molar refractivity (Wildman–Crippen MR) is 80.4 cm³/mol. The molecule has 0 bridgehead atoms. The van der Waals surface area contributed by atoms with Gasteiger partial charge in [-0.05, 0) is 32.2 Å². The Morgan fingerprint density at radius 3 is 2.33 bits per heavy atom. The first-order valence-electron chi connectivity index (χ1n) is 6.92. The minimum absolute atomic E-state index is 0.0483. The molecule has 122 valence electrons. The molecule has 21 heavy (non-hydrogen) atoms. The lowest BCUT2D eigenvalue weighted by atomic mass is 10.1. The molecule has 1 amide bonds. The van der Waals surface area contributed by atoms with Crippen molar-refractivity contribution in [3.05, 3.63) is 0 Å². The van der Waals surface area contributed by atoms with E-state index in [0.717, 1.165) is 12.8 Å². The third kappa shape index (κ3) is 9.63. The number of carboxylic acids is 1. The molecular formula is C12H26N6O3. The molecule has 0 saturated heterocycles. The average Bonchev–Trinajstić information content (AvgIpc) is 2.41. The lowest BCUT2D eigenvalue weighted by Gasteiger charge is -2.17. The van der Waals surface area contributed by atoms with Crippen LogP contribution in [-0.4, -0.2) is 48.1 Å². The number of aliphatic imine (C=N–C) groups is 1. The molecule has 9 heteroatoms. The first kappa shape index (κ1) is 19.1. The third-order valence-corrected chi connectivity index (χ3v) is 2.87. The molecule has 0 aromatic carbocycles. The number of carbonyl (C=O) groups excluding carboxylic acids is 1. The number of aliphatic carboxylic acids is 1. The number of hydrogen-bond acceptors (Lipinski definition) is 5. The van der Waals surface area contributed by atoms with Gasteiger partial charge in [-0.25, -0.2) is 4.79 Å². The molecule has 9 nitrogen and oxygen atoms in total. The molecule has 0 radical (unpaired) electrons. The largest absolute Gasteiger partial charge is 0.480 e. The molecule has 0 aliphatic heterocycles. The Morgan fingerprint density at radius 2 is 1.81 bits per heavy atom. The second-order valence-electron chi connectivity index (χ2n) is 4.74. The van der Waals surface area contributed by atoms with Crippen LogP contribution < -0.4 is 28.3 Å². The molecule has 0 saturated carbocycles. The first-order chi connectivity index (χ1) is 9.88. The number of hydrogen-bond donors (Lipinski definition) is 6. The molecular weight excluding hydrogens is 276 g/mol. The van der Waals surface area contributed by atoms with Gasteiger partial charge in [-0.1, -0.05) is 6.42 Å². The van der Waals surface area contributed by atoms with Crippen molar-refractivity contribution in [1.29, 1.82) is 0 Å². The van der Waals surface area contributed by atoms with Gasteiger partial charge in [0.05, 0.1) is 6.04 Å². The van der Waals surface area contributed by atoms with Crippen molar-refractivity contribution >= 4 is 17.8 Å². The van der Waals surface area contributed by atoms with Crippen LogP contribution in [0.4, 0.5) is 0 Å². The minimum atomic E-state index is -1.11. The fourth-order valence-corrected chi connectivity index (χ4v) is 1.68. The fourth-order valence-electron chi connectivity index (χ4n) is 1.68. The van der Waals surface area contributed by atoms with Crippen LogP contribution in [0.25, 0.3) is 0 Å². The summed E-state index contributed by atoms with van der Waals surface area (Å²) in [5.74, 6) is -1.63. The maximum Gasteiger partial charge on any atom is 0.326 e. The summed E-state index contributed by atoms with van der Waals surface area (Å²) in [6, 6.07) is -1.72. The van der Waals surface area contributed by atoms with Crippen molar-refractivity contribution in [2.75, 3.05) is 13.1 Å². The Kier molecular flexibility index (Phi) is 9.90. The summed E-state index contributed by atoms with van der Waals surface area (Å²) >= 11 is 0. The van der Waals surface area contributed by atoms with Gasteiger partial charge < -0.3 is 33.4 Å². The Bertz CT molecular complexity index is 357. The quantitative estimate of drug-likeness (QED) is 0.146. The van der Waals surface area contributed by atoms with Crippen molar-refractivity contribution in [3.63, 3.8) is 0 Å². The van der Waals surface area contributed by atoms with Gasteiger partial charge >= 0.3 is 5.97 Å². The molecule has 0 rings (SSSR count). The summed E-state index contributed by atoms with van der Waals surface area (Å²) in [5, 5.41) is 11.5. The lowest BCUT2D eigenvalue weighted by Crippen LogP contribution is -2.48. The maximum absolute atomic E-state index is 11.8. The highest BCUT2D eigenvalue weighted by molar-refractivity contribution is 5.86. The van der Waals surface area contributed by atoms with E-state index in [1.165, 1.54) is 0 Å². The van der Waals surface area contributed by atoms with E-state index in [1.807, 2.05) is 0 Å². The van der Waals surface area contributed by atoms with Gasteiger partial charge in [0.15, 0.2) is 5.96 Å². The van der Waals surface area contributed by atoms with Crippen LogP contribution in [0.3, 0.4) is 0 Å². The summed E-state index contributed by atoms with van der Waals surface area (Å²) in [7, 11) is 0. The number of carbonyl (C=O) groups is 2. The number of nitrogens with one attached hydrogen (secondary N) is 1. The van der Waals surface area contributed by atoms with Gasteiger partial charge in [0.25, 0.3) is 0 Å². The summed E-state index contributed by atoms with van der Waals surface area (Å²) < 4.78 is 0. The molecule has 0 aliphatic carbocycles. The second-order valence-corrected chi connectivity index (χ2v) is 4.74. The molecule has 0 aromatic heterocycles. The van der Waals surface area contributed by atoms with E-state index in [2.05, 4.69) is 10.3 Å². The molecule has 0 spiro atoms. The number of nitrogens with two attached hydrogens (primary N) is 4. The van der Waals surface area contributed by atoms with Gasteiger partial charge in [0.2, 0.25) is 5.91 Å². The zero-order valence-corrected chi connectivity index (χ0v) is 12.1. The predicted octanol–water partition coefficient (Wildman–Crippen LogP) is -1.93. The highest BCUT2D eigenvalue weighted by Gasteiger charge is 2.22. The normalized spacial score (nSPS) is 13.2. The van der Waals surface area contributed by atoms with Gasteiger partial charge in [0, 0.05) is 6.54 Å². The summed E-state index contributed by atoms with van der Waals surface area (Å²) in [6.45, 7) is 0.849. The zero-order valence-electron chi connectivity index (χ0n) is 12.1. The number of amides is 1. The number of guanidine groups is 1. The topological polar surface area (TPSA) is 183 Å². The SMILES string of the molecule is NCCCC[C@@H](N)C(=O)N[C@H](CCCN=C(N)N)C(=O)O. The molecule has 0 unspecified atom stereocenters. The molecule has 0 aliphatic rings. The van der Waals surface area contributed by atoms with Gasteiger partial charge in [0.1, 0.15) is 6.04 Å². The van der Waals surface area contributed by atoms with Crippen LogP contribution in [0.1, 0.15) is 32.1 Å². The number of unbranched alkanes of at least 4 members (excludes halogenated alkanes) is 1. The van der Waals surface area contributed by atoms with E-state index < -0.39 is 24.0 Å². The average molecular weight is 302 g/mol. The van der Waals surface area contributed by atoms with Crippen molar-refractivity contribution in [2.45, 2.75) is 44.2 Å². The summed E-state index contributed by atoms with van der Waals surface area (Å²) in [4.78, 5) is 26.6. The highest BCUT2D eigenvalue weighted by Crippen LogP contribution is 2.02. The smallest absolute Gasteiger partial charge is 0.326 e. The van der Waals surface area contributed by atoms with E-state index in [0.29, 0.717) is 25.9 Å². The van der Waals surface area contributed by atoms with Crippen LogP contribution in [0, 0.1) is 0 Å². The maximum atomic E-state index is 11.8. The minimum Gasteiger partial charge on any atom is -0.480 e. The molecule has 2 atom stereocenters. The van der Waals surface area contributed by atoms with E-state index in [4.69, 9.17) is 28.0 Å². The van der Waals surface area contributed by atoms with E-state index in [1.54, 1.807) is 0 Å². The van der Waals surface area contributed by atoms with Crippen molar-refractivity contribution in [1.82, 2.24) is 5.32 Å². The van der Waals surface area contributed by atoms with Crippen LogP contribution in [0.5, 0.6) is 0 Å². The van der Waals surface area contributed by atoms with Crippen molar-refractivity contribution < 1.29 is 14.7 Å². The number of carboxylic acid groups (broad SMARTS) is 1. The van der Waals surface area contributed by atoms with Crippen molar-refractivity contribution in [2.24, 2.45) is 27.9 Å². The fraction of sp³-hybridized carbons (Fsp3) is 0.750. The van der Waals surface area contributed by atoms with Crippen LogP contribution in [0.2, 0.25) is 0 Å². The number of nitrogens with zero attached hydrogens (tertiary/aromatic N) is 1. The first-order valence-corrected chi connectivity index (χ1v) is 6.92. The molecule has 10 N–H and O–H groups in total. The van der Waals surface area contributed by atoms with E-state index in [-0.39, 0.29) is 12.4 Å². The second kappa shape index (κ2) is 10.9. The summed E-state index contributed by atoms with van der Waals surface area (Å²) in [6.07, 6.45) is 2.66. The van der Waals surface area contributed by atoms with Gasteiger partial charge in [-0.2, -0.15) is 0 Å². The van der Waals surface area contributed by atoms with Crippen LogP contribution in [0.15, 0.2) is 4.99 Å². The molecule has 0 fully saturated rings. The zero-order chi connectivity index (χ0) is 16.3. The lowest BCUT2D eigenvalue weighted by molar-refractivity contribution is -0.142. The standard InChI is InChI=1S/C12H26N6O3/c13-6-2-1-4-8(14)10(19)18-9(11(20)21)5-3-7-17-12(15)16/h8-9H,1-7,13-14H2,(H,18,19)(H,20,21)(H4,15,16,17)/t8-,9-/m1/s1. The third-order valence-electron chi connectivity index (χ3n) is 2.87. The summed E-state index contributed by atoms with van der Waals surface area (Å²) in [5.41, 5.74) is 21.4. The van der Waals surface area contributed by atoms with Crippen LogP contribution in [-0.2, 0) is 9.59 Å². The Morgan fingerprint density at radius 1 is 1.14 bits per heavy atom.